The molecule has 0 radical (unpaired) electrons. The van der Waals surface area contributed by atoms with Crippen molar-refractivity contribution in [2.45, 2.75) is 19.2 Å². The molecule has 7 heteroatoms. The van der Waals surface area contributed by atoms with Gasteiger partial charge in [-0.3, -0.25) is 0 Å². The summed E-state index contributed by atoms with van der Waals surface area (Å²) in [6.45, 7) is 1.15. The second kappa shape index (κ2) is 4.60. The molecule has 94 valence electrons. The molecule has 0 spiro atoms. The predicted molar refractivity (Wildman–Crippen MR) is 49.1 cm³/mol. The maximum atomic E-state index is 12.9. The SMILES string of the molecule is C[C@@H](Oc1ccc(F)c(C(F)(F)F)c1)C(=O)O. The van der Waals surface area contributed by atoms with E-state index in [1.54, 1.807) is 0 Å². The Morgan fingerprint density at radius 2 is 2.00 bits per heavy atom. The molecule has 1 aromatic rings. The second-order valence-electron chi connectivity index (χ2n) is 3.24. The average molecular weight is 252 g/mol. The van der Waals surface area contributed by atoms with Crippen molar-refractivity contribution in [3.8, 4) is 5.75 Å². The number of hydrogen-bond acceptors (Lipinski definition) is 2. The molecule has 0 unspecified atom stereocenters. The van der Waals surface area contributed by atoms with Crippen molar-refractivity contribution in [3.63, 3.8) is 0 Å². The summed E-state index contributed by atoms with van der Waals surface area (Å²) < 4.78 is 54.5. The van der Waals surface area contributed by atoms with Crippen molar-refractivity contribution < 1.29 is 32.2 Å². The number of alkyl halides is 3. The van der Waals surface area contributed by atoms with Crippen LogP contribution in [0.25, 0.3) is 0 Å². The highest BCUT2D eigenvalue weighted by Crippen LogP contribution is 2.33. The highest BCUT2D eigenvalue weighted by atomic mass is 19.4. The first-order valence-corrected chi connectivity index (χ1v) is 4.48. The number of carboxylic acids is 1. The lowest BCUT2D eigenvalue weighted by atomic mass is 10.2. The minimum atomic E-state index is -4.85. The fourth-order valence-electron chi connectivity index (χ4n) is 1.05. The monoisotopic (exact) mass is 252 g/mol. The molecule has 3 nitrogen and oxygen atoms in total. The van der Waals surface area contributed by atoms with Gasteiger partial charge in [0, 0.05) is 0 Å². The van der Waals surface area contributed by atoms with Crippen LogP contribution in [0.2, 0.25) is 0 Å². The van der Waals surface area contributed by atoms with Gasteiger partial charge in [-0.05, 0) is 25.1 Å². The van der Waals surface area contributed by atoms with E-state index in [1.165, 1.54) is 0 Å². The Morgan fingerprint density at radius 3 is 2.47 bits per heavy atom. The Hall–Kier alpha value is -1.79. The number of carbonyl (C=O) groups is 1. The van der Waals surface area contributed by atoms with E-state index in [4.69, 9.17) is 9.84 Å². The Balaban J connectivity index is 3.01. The van der Waals surface area contributed by atoms with Gasteiger partial charge in [0.25, 0.3) is 0 Å². The summed E-state index contributed by atoms with van der Waals surface area (Å²) >= 11 is 0. The molecule has 0 amide bonds. The first-order valence-electron chi connectivity index (χ1n) is 4.48. The van der Waals surface area contributed by atoms with E-state index in [0.29, 0.717) is 12.1 Å². The lowest BCUT2D eigenvalue weighted by molar-refractivity contribution is -0.144. The molecule has 0 saturated carbocycles. The summed E-state index contributed by atoms with van der Waals surface area (Å²) in [5.74, 6) is -3.12. The second-order valence-corrected chi connectivity index (χ2v) is 3.24. The number of hydrogen-bond donors (Lipinski definition) is 1. The smallest absolute Gasteiger partial charge is 0.419 e. The van der Waals surface area contributed by atoms with Crippen molar-refractivity contribution in [2.24, 2.45) is 0 Å². The molecule has 0 bridgehead atoms. The van der Waals surface area contributed by atoms with Crippen LogP contribution >= 0.6 is 0 Å². The van der Waals surface area contributed by atoms with Crippen LogP contribution in [0.5, 0.6) is 5.75 Å². The largest absolute Gasteiger partial charge is 0.479 e. The first-order chi connectivity index (χ1) is 7.71. The predicted octanol–water partition coefficient (Wildman–Crippen LogP) is 2.70. The highest BCUT2D eigenvalue weighted by Gasteiger charge is 2.34. The van der Waals surface area contributed by atoms with E-state index in [2.05, 4.69) is 0 Å². The van der Waals surface area contributed by atoms with Gasteiger partial charge in [0.2, 0.25) is 0 Å². The third-order valence-corrected chi connectivity index (χ3v) is 1.90. The van der Waals surface area contributed by atoms with Crippen molar-refractivity contribution >= 4 is 5.97 Å². The standard InChI is InChI=1S/C10H8F4O3/c1-5(9(15)16)17-6-2-3-8(11)7(4-6)10(12,13)14/h2-5H,1H3,(H,15,16)/t5-/m1/s1. The summed E-state index contributed by atoms with van der Waals surface area (Å²) in [5.41, 5.74) is -1.49. The van der Waals surface area contributed by atoms with Crippen molar-refractivity contribution in [1.29, 1.82) is 0 Å². The lowest BCUT2D eigenvalue weighted by Gasteiger charge is -2.13. The van der Waals surface area contributed by atoms with Gasteiger partial charge >= 0.3 is 12.1 Å². The Kier molecular flexibility index (Phi) is 3.59. The van der Waals surface area contributed by atoms with Gasteiger partial charge in [-0.2, -0.15) is 13.2 Å². The number of halogens is 4. The van der Waals surface area contributed by atoms with E-state index in [-0.39, 0.29) is 5.75 Å². The molecule has 0 aliphatic carbocycles. The van der Waals surface area contributed by atoms with Gasteiger partial charge in [0.15, 0.2) is 6.10 Å². The lowest BCUT2D eigenvalue weighted by Crippen LogP contribution is -2.23. The summed E-state index contributed by atoms with van der Waals surface area (Å²) in [4.78, 5) is 10.4. The van der Waals surface area contributed by atoms with E-state index < -0.39 is 29.6 Å². The van der Waals surface area contributed by atoms with Crippen LogP contribution < -0.4 is 4.74 Å². The number of benzene rings is 1. The van der Waals surface area contributed by atoms with E-state index in [9.17, 15) is 22.4 Å². The van der Waals surface area contributed by atoms with E-state index >= 15 is 0 Å². The Bertz CT molecular complexity index is 428. The van der Waals surface area contributed by atoms with Gasteiger partial charge in [0.05, 0.1) is 5.56 Å². The molecular formula is C10H8F4O3. The zero-order chi connectivity index (χ0) is 13.2. The fraction of sp³-hybridized carbons (Fsp3) is 0.300. The first kappa shape index (κ1) is 13.3. The Morgan fingerprint density at radius 1 is 1.41 bits per heavy atom. The van der Waals surface area contributed by atoms with E-state index in [0.717, 1.165) is 13.0 Å². The molecule has 0 aliphatic heterocycles. The number of carboxylic acid groups (broad SMARTS) is 1. The van der Waals surface area contributed by atoms with Crippen LogP contribution in [0.1, 0.15) is 12.5 Å². The van der Waals surface area contributed by atoms with Crippen LogP contribution in [0, 0.1) is 5.82 Å². The molecule has 1 N–H and O–H groups in total. The number of rotatable bonds is 3. The fourth-order valence-corrected chi connectivity index (χ4v) is 1.05. The van der Waals surface area contributed by atoms with Crippen LogP contribution in [-0.2, 0) is 11.0 Å². The van der Waals surface area contributed by atoms with Crippen molar-refractivity contribution in [3.05, 3.63) is 29.6 Å². The molecule has 0 saturated heterocycles. The molecular weight excluding hydrogens is 244 g/mol. The topological polar surface area (TPSA) is 46.5 Å². The van der Waals surface area contributed by atoms with Crippen LogP contribution in [-0.4, -0.2) is 17.2 Å². The van der Waals surface area contributed by atoms with Gasteiger partial charge in [-0.25, -0.2) is 9.18 Å². The normalized spacial score (nSPS) is 13.2. The summed E-state index contributed by atoms with van der Waals surface area (Å²) in [6.07, 6.45) is -6.17. The van der Waals surface area contributed by atoms with Gasteiger partial charge in [0.1, 0.15) is 11.6 Å². The van der Waals surface area contributed by atoms with Gasteiger partial charge in [-0.1, -0.05) is 0 Å². The quantitative estimate of drug-likeness (QED) is 0.841. The van der Waals surface area contributed by atoms with Crippen LogP contribution in [0.15, 0.2) is 18.2 Å². The molecule has 1 aromatic carbocycles. The number of ether oxygens (including phenoxy) is 1. The molecule has 1 atom stereocenters. The number of aliphatic carboxylic acids is 1. The average Bonchev–Trinajstić information content (AvgIpc) is 2.19. The zero-order valence-corrected chi connectivity index (χ0v) is 8.58. The Labute approximate surface area is 93.6 Å². The third kappa shape index (κ3) is 3.33. The van der Waals surface area contributed by atoms with Gasteiger partial charge < -0.3 is 9.84 Å². The molecule has 1 rings (SSSR count). The van der Waals surface area contributed by atoms with Crippen LogP contribution in [0.3, 0.4) is 0 Å². The highest BCUT2D eigenvalue weighted by molar-refractivity contribution is 5.72. The zero-order valence-electron chi connectivity index (χ0n) is 8.58. The maximum Gasteiger partial charge on any atom is 0.419 e. The third-order valence-electron chi connectivity index (χ3n) is 1.90. The summed E-state index contributed by atoms with van der Waals surface area (Å²) in [5, 5.41) is 8.51. The van der Waals surface area contributed by atoms with Crippen molar-refractivity contribution in [1.82, 2.24) is 0 Å². The molecule has 17 heavy (non-hydrogen) atoms. The van der Waals surface area contributed by atoms with E-state index in [1.807, 2.05) is 0 Å². The maximum absolute atomic E-state index is 12.9. The molecule has 0 aromatic heterocycles. The summed E-state index contributed by atoms with van der Waals surface area (Å²) in [6, 6.07) is 1.94. The summed E-state index contributed by atoms with van der Waals surface area (Å²) in [7, 11) is 0. The van der Waals surface area contributed by atoms with Crippen LogP contribution in [0.4, 0.5) is 17.6 Å². The minimum Gasteiger partial charge on any atom is -0.479 e. The van der Waals surface area contributed by atoms with Gasteiger partial charge in [-0.15, -0.1) is 0 Å². The van der Waals surface area contributed by atoms with Crippen molar-refractivity contribution in [2.75, 3.05) is 0 Å². The molecule has 0 fully saturated rings. The minimum absolute atomic E-state index is 0.353. The molecule has 0 aliphatic rings. The molecule has 0 heterocycles.